The van der Waals surface area contributed by atoms with Gasteiger partial charge >= 0.3 is 5.97 Å². The van der Waals surface area contributed by atoms with Gasteiger partial charge in [0.2, 0.25) is 5.91 Å². The van der Waals surface area contributed by atoms with Crippen LogP contribution in [0.1, 0.15) is 12.8 Å². The van der Waals surface area contributed by atoms with E-state index in [-0.39, 0.29) is 44.4 Å². The molecule has 0 bridgehead atoms. The molecule has 22 heavy (non-hydrogen) atoms. The molecule has 0 heterocycles. The molecule has 1 amide bonds. The third-order valence-corrected chi connectivity index (χ3v) is 2.87. The summed E-state index contributed by atoms with van der Waals surface area (Å²) in [6.45, 7) is 0.300. The van der Waals surface area contributed by atoms with Crippen LogP contribution in [0.5, 0.6) is 5.75 Å². The maximum absolute atomic E-state index is 13.3. The van der Waals surface area contributed by atoms with Crippen molar-refractivity contribution >= 4 is 11.9 Å². The Kier molecular flexibility index (Phi) is 7.91. The fourth-order valence-corrected chi connectivity index (χ4v) is 1.78. The number of para-hydroxylation sites is 1. The van der Waals surface area contributed by atoms with Crippen LogP contribution >= 0.6 is 0 Å². The number of carboxylic acids is 1. The standard InChI is InChI=1S/C15H20FNO5/c1-21-10-8-17(11-15(19)20)14(18)7-4-9-22-13-6-3-2-5-12(13)16/h2-3,5-6H,4,7-11H2,1H3,(H,19,20). The van der Waals surface area contributed by atoms with Gasteiger partial charge in [0, 0.05) is 20.1 Å². The highest BCUT2D eigenvalue weighted by Crippen LogP contribution is 2.15. The Bertz CT molecular complexity index is 495. The zero-order valence-corrected chi connectivity index (χ0v) is 12.5. The fourth-order valence-electron chi connectivity index (χ4n) is 1.78. The van der Waals surface area contributed by atoms with Crippen LogP contribution in [0.2, 0.25) is 0 Å². The number of hydrogen-bond donors (Lipinski definition) is 1. The summed E-state index contributed by atoms with van der Waals surface area (Å²) in [6.07, 6.45) is 0.502. The SMILES string of the molecule is COCCN(CC(=O)O)C(=O)CCCOc1ccccc1F. The Labute approximate surface area is 128 Å². The number of benzene rings is 1. The van der Waals surface area contributed by atoms with Crippen molar-refractivity contribution in [3.05, 3.63) is 30.1 Å². The normalized spacial score (nSPS) is 10.3. The third kappa shape index (κ3) is 6.53. The van der Waals surface area contributed by atoms with Gasteiger partial charge in [-0.25, -0.2) is 4.39 Å². The quantitative estimate of drug-likeness (QED) is 0.663. The van der Waals surface area contributed by atoms with Gasteiger partial charge in [0.15, 0.2) is 11.6 Å². The van der Waals surface area contributed by atoms with Gasteiger partial charge in [0.1, 0.15) is 6.54 Å². The molecule has 7 heteroatoms. The van der Waals surface area contributed by atoms with E-state index in [9.17, 15) is 14.0 Å². The van der Waals surface area contributed by atoms with Gasteiger partial charge in [-0.1, -0.05) is 12.1 Å². The van der Waals surface area contributed by atoms with E-state index < -0.39 is 11.8 Å². The molecular formula is C15H20FNO5. The molecule has 0 aliphatic rings. The molecule has 0 saturated carbocycles. The lowest BCUT2D eigenvalue weighted by molar-refractivity contribution is -0.145. The van der Waals surface area contributed by atoms with Crippen molar-refractivity contribution in [2.24, 2.45) is 0 Å². The average molecular weight is 313 g/mol. The Hall–Kier alpha value is -2.15. The van der Waals surface area contributed by atoms with Crippen molar-refractivity contribution in [2.45, 2.75) is 12.8 Å². The Morgan fingerprint density at radius 1 is 1.27 bits per heavy atom. The highest BCUT2D eigenvalue weighted by Gasteiger charge is 2.16. The van der Waals surface area contributed by atoms with E-state index in [1.54, 1.807) is 12.1 Å². The second-order valence-electron chi connectivity index (χ2n) is 4.58. The molecule has 0 aromatic heterocycles. The van der Waals surface area contributed by atoms with Gasteiger partial charge in [0.05, 0.1) is 13.2 Å². The third-order valence-electron chi connectivity index (χ3n) is 2.87. The van der Waals surface area contributed by atoms with E-state index in [1.807, 2.05) is 0 Å². The number of rotatable bonds is 10. The van der Waals surface area contributed by atoms with Crippen LogP contribution in [-0.2, 0) is 14.3 Å². The van der Waals surface area contributed by atoms with Crippen molar-refractivity contribution in [3.63, 3.8) is 0 Å². The first-order chi connectivity index (χ1) is 10.5. The monoisotopic (exact) mass is 313 g/mol. The van der Waals surface area contributed by atoms with Crippen LogP contribution in [-0.4, -0.2) is 55.3 Å². The second-order valence-corrected chi connectivity index (χ2v) is 4.58. The number of carboxylic acid groups (broad SMARTS) is 1. The molecular weight excluding hydrogens is 293 g/mol. The van der Waals surface area contributed by atoms with Crippen LogP contribution in [0.25, 0.3) is 0 Å². The summed E-state index contributed by atoms with van der Waals surface area (Å²) in [7, 11) is 1.48. The van der Waals surface area contributed by atoms with Gasteiger partial charge in [-0.05, 0) is 18.6 Å². The summed E-state index contributed by atoms with van der Waals surface area (Å²) in [5.41, 5.74) is 0. The van der Waals surface area contributed by atoms with Crippen molar-refractivity contribution in [1.29, 1.82) is 0 Å². The number of methoxy groups -OCH3 is 1. The van der Waals surface area contributed by atoms with Crippen LogP contribution in [0.15, 0.2) is 24.3 Å². The van der Waals surface area contributed by atoms with E-state index in [1.165, 1.54) is 24.1 Å². The first-order valence-electron chi connectivity index (χ1n) is 6.90. The minimum absolute atomic E-state index is 0.130. The van der Waals surface area contributed by atoms with Gasteiger partial charge in [-0.2, -0.15) is 0 Å². The van der Waals surface area contributed by atoms with Crippen LogP contribution in [0.3, 0.4) is 0 Å². The molecule has 122 valence electrons. The number of ether oxygens (including phenoxy) is 2. The van der Waals surface area contributed by atoms with Gasteiger partial charge in [-0.15, -0.1) is 0 Å². The van der Waals surface area contributed by atoms with E-state index in [2.05, 4.69) is 0 Å². The maximum Gasteiger partial charge on any atom is 0.323 e. The maximum atomic E-state index is 13.3. The summed E-state index contributed by atoms with van der Waals surface area (Å²) in [6, 6.07) is 6.01. The van der Waals surface area contributed by atoms with Crippen molar-refractivity contribution < 1.29 is 28.6 Å². The van der Waals surface area contributed by atoms with E-state index in [4.69, 9.17) is 14.6 Å². The number of carbonyl (C=O) groups excluding carboxylic acids is 1. The number of amides is 1. The summed E-state index contributed by atoms with van der Waals surface area (Å²) in [5.74, 6) is -1.69. The molecule has 0 saturated heterocycles. The highest BCUT2D eigenvalue weighted by atomic mass is 19.1. The van der Waals surface area contributed by atoms with Crippen LogP contribution in [0.4, 0.5) is 4.39 Å². The van der Waals surface area contributed by atoms with E-state index >= 15 is 0 Å². The predicted octanol–water partition coefficient (Wildman–Crippen LogP) is 1.54. The van der Waals surface area contributed by atoms with Crippen LogP contribution < -0.4 is 4.74 Å². The minimum atomic E-state index is -1.08. The van der Waals surface area contributed by atoms with Gasteiger partial charge in [-0.3, -0.25) is 9.59 Å². The molecule has 0 aliphatic heterocycles. The molecule has 0 fully saturated rings. The molecule has 1 aromatic rings. The van der Waals surface area contributed by atoms with Crippen molar-refractivity contribution in [1.82, 2.24) is 4.90 Å². The number of hydrogen-bond acceptors (Lipinski definition) is 4. The summed E-state index contributed by atoms with van der Waals surface area (Å²) < 4.78 is 23.4. The molecule has 1 N–H and O–H groups in total. The first-order valence-corrected chi connectivity index (χ1v) is 6.90. The largest absolute Gasteiger partial charge is 0.491 e. The molecule has 1 rings (SSSR count). The zero-order valence-electron chi connectivity index (χ0n) is 12.5. The Balaban J connectivity index is 2.36. The fraction of sp³-hybridized carbons (Fsp3) is 0.467. The molecule has 0 aliphatic carbocycles. The van der Waals surface area contributed by atoms with Crippen molar-refractivity contribution in [3.8, 4) is 5.75 Å². The topological polar surface area (TPSA) is 76.1 Å². The summed E-state index contributed by atoms with van der Waals surface area (Å²) in [4.78, 5) is 23.9. The smallest absolute Gasteiger partial charge is 0.323 e. The lowest BCUT2D eigenvalue weighted by atomic mass is 10.2. The molecule has 0 radical (unpaired) electrons. The predicted molar refractivity (Wildman–Crippen MR) is 77.2 cm³/mol. The lowest BCUT2D eigenvalue weighted by Gasteiger charge is -2.20. The van der Waals surface area contributed by atoms with Gasteiger partial charge < -0.3 is 19.5 Å². The van der Waals surface area contributed by atoms with Crippen molar-refractivity contribution in [2.75, 3.05) is 33.4 Å². The Morgan fingerprint density at radius 3 is 2.64 bits per heavy atom. The van der Waals surface area contributed by atoms with E-state index in [0.717, 1.165) is 0 Å². The summed E-state index contributed by atoms with van der Waals surface area (Å²) in [5, 5.41) is 8.78. The number of aliphatic carboxylic acids is 1. The lowest BCUT2D eigenvalue weighted by Crippen LogP contribution is -2.38. The van der Waals surface area contributed by atoms with E-state index in [0.29, 0.717) is 6.42 Å². The number of nitrogens with zero attached hydrogens (tertiary/aromatic N) is 1. The molecule has 0 atom stereocenters. The van der Waals surface area contributed by atoms with Crippen LogP contribution in [0, 0.1) is 5.82 Å². The molecule has 6 nitrogen and oxygen atoms in total. The molecule has 1 aromatic carbocycles. The average Bonchev–Trinajstić information content (AvgIpc) is 2.49. The number of carbonyl (C=O) groups is 2. The summed E-state index contributed by atoms with van der Waals surface area (Å²) >= 11 is 0. The van der Waals surface area contributed by atoms with Gasteiger partial charge in [0.25, 0.3) is 0 Å². The number of halogens is 1. The Morgan fingerprint density at radius 2 is 2.00 bits per heavy atom. The molecule has 0 spiro atoms. The molecule has 0 unspecified atom stereocenters. The highest BCUT2D eigenvalue weighted by molar-refractivity contribution is 5.81. The minimum Gasteiger partial charge on any atom is -0.491 e. The first kappa shape index (κ1) is 17.9. The second kappa shape index (κ2) is 9.73. The zero-order chi connectivity index (χ0) is 16.4.